The van der Waals surface area contributed by atoms with Crippen LogP contribution in [-0.4, -0.2) is 46.9 Å². The molecule has 0 aliphatic heterocycles. The molecule has 0 saturated carbocycles. The molecule has 3 unspecified atom stereocenters. The Balaban J connectivity index is 4.67. The molecule has 0 radical (unpaired) electrons. The van der Waals surface area contributed by atoms with Crippen LogP contribution in [0.1, 0.15) is 252 Å². The van der Waals surface area contributed by atoms with Crippen LogP contribution in [0.15, 0.2) is 48.6 Å². The Morgan fingerprint density at radius 3 is 1.34 bits per heavy atom. The minimum Gasteiger partial charge on any atom is -0.462 e. The van der Waals surface area contributed by atoms with E-state index < -0.39 is 18.2 Å². The summed E-state index contributed by atoms with van der Waals surface area (Å²) in [5.74, 6) is -0.506. The molecule has 0 fully saturated rings. The van der Waals surface area contributed by atoms with Crippen molar-refractivity contribution in [3.63, 3.8) is 0 Å². The lowest BCUT2D eigenvalue weighted by molar-refractivity contribution is -0.151. The van der Waals surface area contributed by atoms with Gasteiger partial charge in [-0.15, -0.1) is 0 Å². The van der Waals surface area contributed by atoms with Gasteiger partial charge in [-0.1, -0.05) is 236 Å². The molecule has 0 aromatic heterocycles. The fraction of sp³-hybridized carbons (Fsp3) is 0.811. The predicted molar refractivity (Wildman–Crippen MR) is 255 cm³/mol. The van der Waals surface area contributed by atoms with Gasteiger partial charge in [-0.2, -0.15) is 0 Å². The van der Waals surface area contributed by atoms with Gasteiger partial charge < -0.3 is 20.3 Å². The van der Waals surface area contributed by atoms with Crippen LogP contribution in [0.2, 0.25) is 0 Å². The van der Waals surface area contributed by atoms with Crippen LogP contribution in [-0.2, 0) is 14.3 Å². The molecule has 6 nitrogen and oxygen atoms in total. The van der Waals surface area contributed by atoms with Crippen molar-refractivity contribution in [2.75, 3.05) is 6.61 Å². The summed E-state index contributed by atoms with van der Waals surface area (Å²) in [7, 11) is 0. The summed E-state index contributed by atoms with van der Waals surface area (Å²) in [5, 5.41) is 23.7. The molecular formula is C53H97NO5. The van der Waals surface area contributed by atoms with E-state index in [9.17, 15) is 19.8 Å². The first-order valence-electron chi connectivity index (χ1n) is 25.4. The lowest BCUT2D eigenvalue weighted by Crippen LogP contribution is -2.46. The Hall–Kier alpha value is -2.18. The van der Waals surface area contributed by atoms with Gasteiger partial charge in [-0.3, -0.25) is 9.59 Å². The predicted octanol–water partition coefficient (Wildman–Crippen LogP) is 15.1. The second-order valence-electron chi connectivity index (χ2n) is 17.3. The number of amides is 1. The normalized spacial score (nSPS) is 13.6. The molecule has 0 spiro atoms. The van der Waals surface area contributed by atoms with E-state index in [-0.39, 0.29) is 24.9 Å². The number of rotatable bonds is 45. The zero-order valence-electron chi connectivity index (χ0n) is 39.1. The number of hydrogen-bond acceptors (Lipinski definition) is 5. The summed E-state index contributed by atoms with van der Waals surface area (Å²) in [4.78, 5) is 26.1. The summed E-state index contributed by atoms with van der Waals surface area (Å²) in [6.07, 6.45) is 55.9. The highest BCUT2D eigenvalue weighted by molar-refractivity contribution is 5.77. The molecular weight excluding hydrogens is 731 g/mol. The van der Waals surface area contributed by atoms with Crippen molar-refractivity contribution in [1.82, 2.24) is 5.32 Å². The van der Waals surface area contributed by atoms with Gasteiger partial charge in [0.15, 0.2) is 0 Å². The fourth-order valence-corrected chi connectivity index (χ4v) is 7.62. The largest absolute Gasteiger partial charge is 0.462 e. The van der Waals surface area contributed by atoms with Gasteiger partial charge in [0, 0.05) is 6.42 Å². The van der Waals surface area contributed by atoms with Gasteiger partial charge in [0.2, 0.25) is 5.91 Å². The molecule has 0 aliphatic rings. The first-order valence-corrected chi connectivity index (χ1v) is 25.4. The molecule has 344 valence electrons. The molecule has 0 rings (SSSR count). The van der Waals surface area contributed by atoms with E-state index in [0.29, 0.717) is 19.3 Å². The molecule has 1 amide bonds. The van der Waals surface area contributed by atoms with E-state index >= 15 is 0 Å². The highest BCUT2D eigenvalue weighted by atomic mass is 16.5. The van der Waals surface area contributed by atoms with E-state index in [1.54, 1.807) is 0 Å². The summed E-state index contributed by atoms with van der Waals surface area (Å²) in [6.45, 7) is 6.43. The third-order valence-corrected chi connectivity index (χ3v) is 11.5. The maximum absolute atomic E-state index is 13.2. The van der Waals surface area contributed by atoms with E-state index in [2.05, 4.69) is 68.6 Å². The van der Waals surface area contributed by atoms with Gasteiger partial charge in [0.05, 0.1) is 25.2 Å². The molecule has 6 heteroatoms. The average molecular weight is 828 g/mol. The standard InChI is InChI=1S/C53H97NO5/c1-4-7-10-13-16-19-22-25-26-27-28-29-32-35-38-41-44-49(59-53(58)46-43-40-37-34-31-24-21-18-15-12-9-6-3)47-52(57)54-50(48-55)51(56)45-42-39-36-33-30-23-20-17-14-11-8-5-2/h16,19,22,25-29,49-51,55-56H,4-15,17-18,20-21,23-24,30-48H2,1-3H3,(H,54,57)/b19-16+,25-22+,27-26+,29-28+. The second kappa shape index (κ2) is 46.9. The summed E-state index contributed by atoms with van der Waals surface area (Å²) >= 11 is 0. The smallest absolute Gasteiger partial charge is 0.306 e. The number of aliphatic hydroxyl groups excluding tert-OH is 2. The zero-order valence-corrected chi connectivity index (χ0v) is 39.1. The lowest BCUT2D eigenvalue weighted by Gasteiger charge is -2.24. The fourth-order valence-electron chi connectivity index (χ4n) is 7.62. The Morgan fingerprint density at radius 1 is 0.492 bits per heavy atom. The number of hydrogen-bond donors (Lipinski definition) is 3. The molecule has 0 aliphatic carbocycles. The van der Waals surface area contributed by atoms with Crippen molar-refractivity contribution < 1.29 is 24.5 Å². The molecule has 0 heterocycles. The topological polar surface area (TPSA) is 95.9 Å². The number of carbonyl (C=O) groups is 2. The van der Waals surface area contributed by atoms with Crippen molar-refractivity contribution in [1.29, 1.82) is 0 Å². The number of allylic oxidation sites excluding steroid dienone is 8. The van der Waals surface area contributed by atoms with Gasteiger partial charge in [0.25, 0.3) is 0 Å². The number of esters is 1. The first kappa shape index (κ1) is 56.8. The third-order valence-electron chi connectivity index (χ3n) is 11.5. The van der Waals surface area contributed by atoms with E-state index in [1.165, 1.54) is 135 Å². The second-order valence-corrected chi connectivity index (χ2v) is 17.3. The number of ether oxygens (including phenoxy) is 1. The quantitative estimate of drug-likeness (QED) is 0.0323. The van der Waals surface area contributed by atoms with Crippen LogP contribution >= 0.6 is 0 Å². The summed E-state index contributed by atoms with van der Waals surface area (Å²) < 4.78 is 5.91. The average Bonchev–Trinajstić information content (AvgIpc) is 3.23. The zero-order chi connectivity index (χ0) is 43.1. The van der Waals surface area contributed by atoms with Crippen LogP contribution in [0, 0.1) is 0 Å². The van der Waals surface area contributed by atoms with Crippen molar-refractivity contribution >= 4 is 11.9 Å². The van der Waals surface area contributed by atoms with Crippen molar-refractivity contribution in [3.05, 3.63) is 48.6 Å². The first-order chi connectivity index (χ1) is 29.0. The number of carbonyl (C=O) groups excluding carboxylic acids is 2. The summed E-state index contributed by atoms with van der Waals surface area (Å²) in [6, 6.07) is -0.712. The lowest BCUT2D eigenvalue weighted by atomic mass is 10.0. The maximum Gasteiger partial charge on any atom is 0.306 e. The van der Waals surface area contributed by atoms with Crippen molar-refractivity contribution in [2.24, 2.45) is 0 Å². The Morgan fingerprint density at radius 2 is 0.864 bits per heavy atom. The molecule has 0 aromatic carbocycles. The highest BCUT2D eigenvalue weighted by Gasteiger charge is 2.24. The molecule has 0 aromatic rings. The van der Waals surface area contributed by atoms with Gasteiger partial charge in [-0.25, -0.2) is 0 Å². The van der Waals surface area contributed by atoms with Crippen LogP contribution in [0.25, 0.3) is 0 Å². The minimum atomic E-state index is -0.796. The number of unbranched alkanes of at least 4 members (excludes halogenated alkanes) is 28. The SMILES string of the molecule is CCCCC/C=C/C=C/C=C/C=C/CCCCCC(CC(=O)NC(CO)C(O)CCCCCCCCCCCCCC)OC(=O)CCCCCCCCCCCCCC. The Labute approximate surface area is 366 Å². The van der Waals surface area contributed by atoms with Gasteiger partial charge in [-0.05, 0) is 51.4 Å². The van der Waals surface area contributed by atoms with Crippen molar-refractivity contribution in [3.8, 4) is 0 Å². The third kappa shape index (κ3) is 42.3. The highest BCUT2D eigenvalue weighted by Crippen LogP contribution is 2.17. The minimum absolute atomic E-state index is 0.0537. The van der Waals surface area contributed by atoms with E-state index in [1.807, 2.05) is 6.08 Å². The summed E-state index contributed by atoms with van der Waals surface area (Å²) in [5.41, 5.74) is 0. The van der Waals surface area contributed by atoms with Crippen LogP contribution in [0.3, 0.4) is 0 Å². The molecule has 3 atom stereocenters. The number of aliphatic hydroxyl groups is 2. The van der Waals surface area contributed by atoms with E-state index in [0.717, 1.165) is 70.6 Å². The Bertz CT molecular complexity index is 1020. The molecule has 3 N–H and O–H groups in total. The van der Waals surface area contributed by atoms with Gasteiger partial charge >= 0.3 is 5.97 Å². The van der Waals surface area contributed by atoms with Gasteiger partial charge in [0.1, 0.15) is 6.10 Å². The maximum atomic E-state index is 13.2. The van der Waals surface area contributed by atoms with E-state index in [4.69, 9.17) is 4.74 Å². The molecule has 59 heavy (non-hydrogen) atoms. The molecule has 0 saturated heterocycles. The van der Waals surface area contributed by atoms with Crippen LogP contribution in [0.5, 0.6) is 0 Å². The molecule has 0 bridgehead atoms. The number of nitrogens with one attached hydrogen (secondary N) is 1. The monoisotopic (exact) mass is 828 g/mol. The Kier molecular flexibility index (Phi) is 45.1. The van der Waals surface area contributed by atoms with Crippen LogP contribution < -0.4 is 5.32 Å². The van der Waals surface area contributed by atoms with Crippen LogP contribution in [0.4, 0.5) is 0 Å². The van der Waals surface area contributed by atoms with Crippen molar-refractivity contribution in [2.45, 2.75) is 270 Å².